The van der Waals surface area contributed by atoms with Crippen LogP contribution in [-0.4, -0.2) is 57.3 Å². The second-order valence-electron chi connectivity index (χ2n) is 9.42. The Morgan fingerprint density at radius 2 is 1.78 bits per heavy atom. The molecular weight excluding hydrogens is 515 g/mol. The van der Waals surface area contributed by atoms with E-state index in [0.717, 1.165) is 18.4 Å². The molecule has 3 aromatic rings. The zero-order chi connectivity index (χ0) is 26.4. The number of benzene rings is 2. The van der Waals surface area contributed by atoms with E-state index in [1.165, 1.54) is 9.70 Å². The van der Waals surface area contributed by atoms with Crippen LogP contribution in [0.5, 0.6) is 0 Å². The van der Waals surface area contributed by atoms with E-state index in [2.05, 4.69) is 20.7 Å². The summed E-state index contributed by atoms with van der Waals surface area (Å²) in [6, 6.07) is 13.1. The maximum Gasteiger partial charge on any atom is 0.251 e. The van der Waals surface area contributed by atoms with Gasteiger partial charge in [0.05, 0.1) is 6.10 Å². The van der Waals surface area contributed by atoms with Crippen molar-refractivity contribution in [2.45, 2.75) is 51.8 Å². The number of carbonyl (C=O) groups is 2. The molecule has 0 radical (unpaired) electrons. The number of hydrogen-bond acceptors (Lipinski definition) is 6. The first kappa shape index (κ1) is 27.0. The van der Waals surface area contributed by atoms with Gasteiger partial charge in [0.25, 0.3) is 5.91 Å². The molecule has 1 aliphatic heterocycles. The van der Waals surface area contributed by atoms with Crippen molar-refractivity contribution in [1.82, 2.24) is 25.5 Å². The minimum Gasteiger partial charge on any atom is -0.376 e. The molecule has 11 heteroatoms. The van der Waals surface area contributed by atoms with E-state index >= 15 is 0 Å². The van der Waals surface area contributed by atoms with Crippen molar-refractivity contribution in [3.63, 3.8) is 0 Å². The number of nitrogens with one attached hydrogen (secondary N) is 1. The Kier molecular flexibility index (Phi) is 9.13. The van der Waals surface area contributed by atoms with E-state index in [9.17, 15) is 9.59 Å². The minimum absolute atomic E-state index is 0.00558. The molecule has 0 saturated carbocycles. The minimum atomic E-state index is -0.741. The van der Waals surface area contributed by atoms with Gasteiger partial charge in [-0.25, -0.2) is 0 Å². The van der Waals surface area contributed by atoms with E-state index < -0.39 is 6.04 Å². The number of tetrazole rings is 1. The summed E-state index contributed by atoms with van der Waals surface area (Å²) in [4.78, 5) is 29.9. The van der Waals surface area contributed by atoms with Crippen LogP contribution in [0.1, 0.15) is 33.1 Å². The Labute approximate surface area is 226 Å². The lowest BCUT2D eigenvalue weighted by atomic mass is 10.0. The number of hydrogen-bond donors (Lipinski definition) is 1. The van der Waals surface area contributed by atoms with Gasteiger partial charge in [-0.05, 0) is 78.9 Å². The third-order valence-electron chi connectivity index (χ3n) is 6.04. The second-order valence-corrected chi connectivity index (χ2v) is 10.3. The number of nitrogens with zero attached hydrogens (tertiary/aromatic N) is 5. The number of halogens is 2. The number of carbonyl (C=O) groups excluding carboxylic acids is 2. The van der Waals surface area contributed by atoms with Crippen LogP contribution in [0.4, 0.5) is 5.69 Å². The summed E-state index contributed by atoms with van der Waals surface area (Å²) in [7, 11) is 0. The average molecular weight is 545 g/mol. The van der Waals surface area contributed by atoms with Crippen molar-refractivity contribution >= 4 is 40.7 Å². The van der Waals surface area contributed by atoms with Crippen molar-refractivity contribution in [2.75, 3.05) is 18.1 Å². The van der Waals surface area contributed by atoms with Gasteiger partial charge < -0.3 is 10.1 Å². The molecule has 2 heterocycles. The van der Waals surface area contributed by atoms with E-state index in [1.807, 2.05) is 13.8 Å². The first-order chi connectivity index (χ1) is 17.8. The summed E-state index contributed by atoms with van der Waals surface area (Å²) in [6.07, 6.45) is 2.35. The van der Waals surface area contributed by atoms with Crippen LogP contribution in [0.15, 0.2) is 48.5 Å². The SMILES string of the molecule is CC(C)CC(C(=O)NCC1CCCO1)N(C(=O)Cn1nnc(-c2ccc(Cl)cc2)n1)c1ccc(Cl)cc1. The van der Waals surface area contributed by atoms with Gasteiger partial charge in [0.15, 0.2) is 0 Å². The molecule has 1 fully saturated rings. The number of aromatic nitrogens is 4. The van der Waals surface area contributed by atoms with E-state index in [1.54, 1.807) is 48.5 Å². The second kappa shape index (κ2) is 12.5. The van der Waals surface area contributed by atoms with Gasteiger partial charge in [-0.3, -0.25) is 14.5 Å². The largest absolute Gasteiger partial charge is 0.376 e. The van der Waals surface area contributed by atoms with Crippen LogP contribution in [0.3, 0.4) is 0 Å². The first-order valence-electron chi connectivity index (χ1n) is 12.3. The van der Waals surface area contributed by atoms with Gasteiger partial charge in [0.1, 0.15) is 12.6 Å². The zero-order valence-electron chi connectivity index (χ0n) is 20.8. The number of rotatable bonds is 10. The molecule has 2 amide bonds. The topological polar surface area (TPSA) is 102 Å². The van der Waals surface area contributed by atoms with Crippen molar-refractivity contribution in [3.05, 3.63) is 58.6 Å². The molecule has 0 spiro atoms. The molecule has 2 atom stereocenters. The molecule has 196 valence electrons. The zero-order valence-corrected chi connectivity index (χ0v) is 22.3. The Balaban J connectivity index is 1.58. The number of amides is 2. The predicted octanol–water partition coefficient (Wildman–Crippen LogP) is 4.39. The highest BCUT2D eigenvalue weighted by Crippen LogP contribution is 2.25. The summed E-state index contributed by atoms with van der Waals surface area (Å²) in [6.45, 7) is 4.95. The van der Waals surface area contributed by atoms with Gasteiger partial charge in [0.2, 0.25) is 11.7 Å². The molecule has 9 nitrogen and oxygen atoms in total. The highest BCUT2D eigenvalue weighted by Gasteiger charge is 2.33. The first-order valence-corrected chi connectivity index (χ1v) is 13.1. The molecule has 0 bridgehead atoms. The van der Waals surface area contributed by atoms with Crippen LogP contribution in [-0.2, 0) is 20.9 Å². The monoisotopic (exact) mass is 544 g/mol. The lowest BCUT2D eigenvalue weighted by molar-refractivity contribution is -0.127. The highest BCUT2D eigenvalue weighted by molar-refractivity contribution is 6.31. The Bertz CT molecular complexity index is 1190. The molecule has 1 aromatic heterocycles. The Morgan fingerprint density at radius 3 is 2.41 bits per heavy atom. The number of ether oxygens (including phenoxy) is 1. The van der Waals surface area contributed by atoms with Gasteiger partial charge in [-0.2, -0.15) is 4.80 Å². The fourth-order valence-electron chi connectivity index (χ4n) is 4.24. The molecule has 4 rings (SSSR count). The fourth-order valence-corrected chi connectivity index (χ4v) is 4.49. The molecule has 1 N–H and O–H groups in total. The van der Waals surface area contributed by atoms with Crippen LogP contribution >= 0.6 is 23.2 Å². The Morgan fingerprint density at radius 1 is 1.11 bits per heavy atom. The van der Waals surface area contributed by atoms with E-state index in [4.69, 9.17) is 27.9 Å². The van der Waals surface area contributed by atoms with Crippen LogP contribution in [0, 0.1) is 5.92 Å². The van der Waals surface area contributed by atoms with Crippen LogP contribution in [0.2, 0.25) is 10.0 Å². The van der Waals surface area contributed by atoms with E-state index in [-0.39, 0.29) is 30.4 Å². The third kappa shape index (κ3) is 7.28. The number of anilines is 1. The molecule has 37 heavy (non-hydrogen) atoms. The molecule has 2 aromatic carbocycles. The summed E-state index contributed by atoms with van der Waals surface area (Å²) in [5, 5.41) is 16.6. The quantitative estimate of drug-likeness (QED) is 0.406. The van der Waals surface area contributed by atoms with Gasteiger partial charge in [-0.1, -0.05) is 37.0 Å². The molecular formula is C26H30Cl2N6O3. The van der Waals surface area contributed by atoms with Gasteiger partial charge in [0, 0.05) is 34.4 Å². The Hall–Kier alpha value is -3.01. The van der Waals surface area contributed by atoms with Gasteiger partial charge >= 0.3 is 0 Å². The fraction of sp³-hybridized carbons (Fsp3) is 0.423. The predicted molar refractivity (Wildman–Crippen MR) is 142 cm³/mol. The summed E-state index contributed by atoms with van der Waals surface area (Å²) < 4.78 is 5.65. The van der Waals surface area contributed by atoms with E-state index in [0.29, 0.717) is 41.1 Å². The van der Waals surface area contributed by atoms with Crippen molar-refractivity contribution in [3.8, 4) is 11.4 Å². The van der Waals surface area contributed by atoms with Crippen molar-refractivity contribution < 1.29 is 14.3 Å². The molecule has 2 unspecified atom stereocenters. The van der Waals surface area contributed by atoms with Crippen molar-refractivity contribution in [2.24, 2.45) is 5.92 Å². The van der Waals surface area contributed by atoms with Crippen LogP contribution in [0.25, 0.3) is 11.4 Å². The molecule has 1 saturated heterocycles. The lowest BCUT2D eigenvalue weighted by Crippen LogP contribution is -2.52. The average Bonchev–Trinajstić information content (AvgIpc) is 3.56. The van der Waals surface area contributed by atoms with Crippen molar-refractivity contribution in [1.29, 1.82) is 0 Å². The maximum absolute atomic E-state index is 13.7. The summed E-state index contributed by atoms with van der Waals surface area (Å²) in [5.41, 5.74) is 1.29. The lowest BCUT2D eigenvalue weighted by Gasteiger charge is -2.32. The summed E-state index contributed by atoms with van der Waals surface area (Å²) in [5.74, 6) is -0.0566. The third-order valence-corrected chi connectivity index (χ3v) is 6.55. The maximum atomic E-state index is 13.7. The summed E-state index contributed by atoms with van der Waals surface area (Å²) >= 11 is 12.1. The molecule has 0 aliphatic carbocycles. The van der Waals surface area contributed by atoms with Gasteiger partial charge in [-0.15, -0.1) is 10.2 Å². The molecule has 1 aliphatic rings. The highest BCUT2D eigenvalue weighted by atomic mass is 35.5. The standard InChI is InChI=1S/C26H30Cl2N6O3/c1-17(2)14-23(26(36)29-15-22-4-3-13-37-22)34(21-11-9-20(28)10-12-21)24(35)16-33-31-25(30-32-33)18-5-7-19(27)8-6-18/h5-12,17,22-23H,3-4,13-16H2,1-2H3,(H,29,36). The normalized spacial score (nSPS) is 16.1. The smallest absolute Gasteiger partial charge is 0.251 e. The van der Waals surface area contributed by atoms with Crippen LogP contribution < -0.4 is 10.2 Å².